The fraction of sp³-hybridized carbons (Fsp3) is 0.235. The van der Waals surface area contributed by atoms with Gasteiger partial charge in [-0.1, -0.05) is 23.8 Å². The molecule has 0 saturated heterocycles. The molecule has 0 aliphatic heterocycles. The van der Waals surface area contributed by atoms with Gasteiger partial charge in [0.05, 0.1) is 11.4 Å². The second-order valence-electron chi connectivity index (χ2n) is 5.00. The highest BCUT2D eigenvalue weighted by Gasteiger charge is 2.05. The zero-order valence-corrected chi connectivity index (χ0v) is 13.0. The minimum atomic E-state index is -0.310. The lowest BCUT2D eigenvalue weighted by Gasteiger charge is -2.09. The Morgan fingerprint density at radius 3 is 2.77 bits per heavy atom. The molecule has 0 saturated carbocycles. The monoisotopic (exact) mass is 297 g/mol. The molecule has 114 valence electrons. The van der Waals surface area contributed by atoms with Gasteiger partial charge in [-0.2, -0.15) is 5.10 Å². The molecule has 1 aromatic heterocycles. The number of aromatic nitrogens is 1. The van der Waals surface area contributed by atoms with Gasteiger partial charge in [-0.3, -0.25) is 9.78 Å². The van der Waals surface area contributed by atoms with Crippen LogP contribution in [0.25, 0.3) is 0 Å². The van der Waals surface area contributed by atoms with Crippen molar-refractivity contribution in [2.45, 2.75) is 20.8 Å². The van der Waals surface area contributed by atoms with Crippen molar-refractivity contribution in [3.63, 3.8) is 0 Å². The normalized spacial score (nSPS) is 11.1. The quantitative estimate of drug-likeness (QED) is 0.681. The molecule has 22 heavy (non-hydrogen) atoms. The van der Waals surface area contributed by atoms with E-state index in [-0.39, 0.29) is 12.5 Å². The molecule has 0 spiro atoms. The van der Waals surface area contributed by atoms with Gasteiger partial charge in [-0.05, 0) is 44.5 Å². The zero-order chi connectivity index (χ0) is 15.9. The van der Waals surface area contributed by atoms with E-state index in [9.17, 15) is 4.79 Å². The van der Waals surface area contributed by atoms with Crippen LogP contribution in [0.15, 0.2) is 47.7 Å². The van der Waals surface area contributed by atoms with Crippen molar-refractivity contribution in [2.75, 3.05) is 6.61 Å². The van der Waals surface area contributed by atoms with Crippen molar-refractivity contribution in [1.29, 1.82) is 0 Å². The summed E-state index contributed by atoms with van der Waals surface area (Å²) in [6, 6.07) is 11.3. The van der Waals surface area contributed by atoms with Gasteiger partial charge in [0.1, 0.15) is 5.75 Å². The number of benzene rings is 1. The summed E-state index contributed by atoms with van der Waals surface area (Å²) in [7, 11) is 0. The summed E-state index contributed by atoms with van der Waals surface area (Å²) in [5, 5.41) is 4.02. The van der Waals surface area contributed by atoms with Crippen LogP contribution in [0.3, 0.4) is 0 Å². The van der Waals surface area contributed by atoms with Crippen molar-refractivity contribution in [3.8, 4) is 5.75 Å². The van der Waals surface area contributed by atoms with Gasteiger partial charge in [0.25, 0.3) is 5.91 Å². The van der Waals surface area contributed by atoms with Gasteiger partial charge >= 0.3 is 0 Å². The van der Waals surface area contributed by atoms with Gasteiger partial charge in [0, 0.05) is 6.20 Å². The number of carbonyl (C=O) groups excluding carboxylic acids is 1. The second-order valence-corrected chi connectivity index (χ2v) is 5.00. The van der Waals surface area contributed by atoms with E-state index in [4.69, 9.17) is 4.74 Å². The number of rotatable bonds is 5. The summed E-state index contributed by atoms with van der Waals surface area (Å²) in [4.78, 5) is 15.9. The molecular formula is C17H19N3O2. The average Bonchev–Trinajstić information content (AvgIpc) is 2.52. The maximum atomic E-state index is 11.8. The number of hydrogen-bond acceptors (Lipinski definition) is 4. The van der Waals surface area contributed by atoms with E-state index in [0.29, 0.717) is 11.5 Å². The summed E-state index contributed by atoms with van der Waals surface area (Å²) >= 11 is 0. The highest BCUT2D eigenvalue weighted by Crippen LogP contribution is 2.18. The minimum Gasteiger partial charge on any atom is -0.483 e. The Balaban J connectivity index is 1.88. The summed E-state index contributed by atoms with van der Waals surface area (Å²) in [6.45, 7) is 5.67. The lowest BCUT2D eigenvalue weighted by atomic mass is 10.1. The molecule has 5 heteroatoms. The molecule has 1 heterocycles. The number of aryl methyl sites for hydroxylation is 2. The predicted octanol–water partition coefficient (Wildman–Crippen LogP) is 2.62. The van der Waals surface area contributed by atoms with Crippen molar-refractivity contribution < 1.29 is 9.53 Å². The lowest BCUT2D eigenvalue weighted by molar-refractivity contribution is -0.123. The molecule has 2 aromatic rings. The van der Waals surface area contributed by atoms with Crippen LogP contribution in [0.1, 0.15) is 23.7 Å². The van der Waals surface area contributed by atoms with Crippen molar-refractivity contribution in [3.05, 3.63) is 59.4 Å². The zero-order valence-electron chi connectivity index (χ0n) is 13.0. The minimum absolute atomic E-state index is 0.0805. The van der Waals surface area contributed by atoms with Crippen molar-refractivity contribution in [2.24, 2.45) is 5.10 Å². The Morgan fingerprint density at radius 1 is 1.27 bits per heavy atom. The predicted molar refractivity (Wildman–Crippen MR) is 86.0 cm³/mol. The Morgan fingerprint density at radius 2 is 2.09 bits per heavy atom. The first-order chi connectivity index (χ1) is 10.6. The first-order valence-electron chi connectivity index (χ1n) is 7.01. The molecule has 0 atom stereocenters. The number of pyridine rings is 1. The molecule has 0 bridgehead atoms. The van der Waals surface area contributed by atoms with Crippen molar-refractivity contribution >= 4 is 11.6 Å². The van der Waals surface area contributed by atoms with Gasteiger partial charge in [-0.25, -0.2) is 5.43 Å². The summed E-state index contributed by atoms with van der Waals surface area (Å²) in [5.41, 5.74) is 5.98. The molecular weight excluding hydrogens is 278 g/mol. The van der Waals surface area contributed by atoms with E-state index >= 15 is 0 Å². The van der Waals surface area contributed by atoms with Gasteiger partial charge in [0.15, 0.2) is 6.61 Å². The number of hydrogen-bond donors (Lipinski definition) is 1. The molecule has 1 aromatic carbocycles. The summed E-state index contributed by atoms with van der Waals surface area (Å²) < 4.78 is 5.49. The van der Waals surface area contributed by atoms with Crippen LogP contribution in [0.5, 0.6) is 5.75 Å². The van der Waals surface area contributed by atoms with E-state index in [1.807, 2.05) is 50.2 Å². The smallest absolute Gasteiger partial charge is 0.277 e. The van der Waals surface area contributed by atoms with E-state index < -0.39 is 0 Å². The molecule has 0 unspecified atom stereocenters. The number of ether oxygens (including phenoxy) is 1. The molecule has 0 aliphatic rings. The van der Waals surface area contributed by atoms with Crippen molar-refractivity contribution in [1.82, 2.24) is 10.4 Å². The topological polar surface area (TPSA) is 63.6 Å². The Hall–Kier alpha value is -2.69. The Kier molecular flexibility index (Phi) is 5.25. The van der Waals surface area contributed by atoms with E-state index in [0.717, 1.165) is 16.8 Å². The maximum Gasteiger partial charge on any atom is 0.277 e. The highest BCUT2D eigenvalue weighted by atomic mass is 16.5. The van der Waals surface area contributed by atoms with Crippen LogP contribution in [0.2, 0.25) is 0 Å². The highest BCUT2D eigenvalue weighted by molar-refractivity contribution is 5.97. The fourth-order valence-electron chi connectivity index (χ4n) is 1.92. The first-order valence-corrected chi connectivity index (χ1v) is 7.01. The van der Waals surface area contributed by atoms with E-state index in [1.54, 1.807) is 13.1 Å². The van der Waals surface area contributed by atoms with Crippen LogP contribution < -0.4 is 10.2 Å². The number of nitrogens with zero attached hydrogens (tertiary/aromatic N) is 2. The van der Waals surface area contributed by atoms with Crippen LogP contribution in [0.4, 0.5) is 0 Å². The molecule has 1 amide bonds. The van der Waals surface area contributed by atoms with E-state index in [1.165, 1.54) is 0 Å². The molecule has 2 rings (SSSR count). The van der Waals surface area contributed by atoms with Crippen LogP contribution >= 0.6 is 0 Å². The largest absolute Gasteiger partial charge is 0.483 e. The van der Waals surface area contributed by atoms with Gasteiger partial charge in [0.2, 0.25) is 0 Å². The second kappa shape index (κ2) is 7.36. The van der Waals surface area contributed by atoms with Gasteiger partial charge < -0.3 is 4.74 Å². The van der Waals surface area contributed by atoms with Crippen LogP contribution in [-0.2, 0) is 4.79 Å². The summed E-state index contributed by atoms with van der Waals surface area (Å²) in [5.74, 6) is 0.390. The molecule has 1 N–H and O–H groups in total. The van der Waals surface area contributed by atoms with Gasteiger partial charge in [-0.15, -0.1) is 0 Å². The third-order valence-electron chi connectivity index (χ3n) is 3.07. The standard InChI is InChI=1S/C17H19N3O2/c1-12-7-8-16(13(2)10-12)22-11-17(21)20-19-14(3)15-6-4-5-9-18-15/h4-10H,11H2,1-3H3,(H,20,21)/b19-14+. The third-order valence-corrected chi connectivity index (χ3v) is 3.07. The van der Waals surface area contributed by atoms with E-state index in [2.05, 4.69) is 15.5 Å². The third kappa shape index (κ3) is 4.41. The summed E-state index contributed by atoms with van der Waals surface area (Å²) in [6.07, 6.45) is 1.68. The number of nitrogens with one attached hydrogen (secondary N) is 1. The molecule has 0 fully saturated rings. The molecule has 0 radical (unpaired) electrons. The average molecular weight is 297 g/mol. The number of hydrazone groups is 1. The van der Waals surface area contributed by atoms with Crippen LogP contribution in [-0.4, -0.2) is 23.2 Å². The number of amides is 1. The first kappa shape index (κ1) is 15.7. The number of carbonyl (C=O) groups is 1. The fourth-order valence-corrected chi connectivity index (χ4v) is 1.92. The Labute approximate surface area is 130 Å². The SMILES string of the molecule is C/C(=N\NC(=O)COc1ccc(C)cc1C)c1ccccn1. The van der Waals surface area contributed by atoms with Crippen LogP contribution in [0, 0.1) is 13.8 Å². The Bertz CT molecular complexity index is 682. The lowest BCUT2D eigenvalue weighted by Crippen LogP contribution is -2.25. The molecule has 0 aliphatic carbocycles. The maximum absolute atomic E-state index is 11.8. The molecule has 5 nitrogen and oxygen atoms in total.